The monoisotopic (exact) mass is 327 g/mol. The summed E-state index contributed by atoms with van der Waals surface area (Å²) < 4.78 is 5.20. The Bertz CT molecular complexity index is 673. The van der Waals surface area contributed by atoms with E-state index in [0.717, 1.165) is 51.3 Å². The third-order valence-electron chi connectivity index (χ3n) is 4.70. The van der Waals surface area contributed by atoms with Gasteiger partial charge in [-0.2, -0.15) is 0 Å². The molecule has 24 heavy (non-hydrogen) atoms. The molecule has 1 aromatic carbocycles. The summed E-state index contributed by atoms with van der Waals surface area (Å²) in [6, 6.07) is 10.5. The summed E-state index contributed by atoms with van der Waals surface area (Å²) in [6.45, 7) is 8.22. The first-order valence-corrected chi connectivity index (χ1v) is 8.69. The van der Waals surface area contributed by atoms with Gasteiger partial charge in [-0.25, -0.2) is 0 Å². The van der Waals surface area contributed by atoms with Crippen LogP contribution in [0.25, 0.3) is 0 Å². The molecule has 1 aromatic heterocycles. The van der Waals surface area contributed by atoms with Crippen molar-refractivity contribution in [2.24, 2.45) is 0 Å². The number of nitrogens with zero attached hydrogens (tertiary/aromatic N) is 3. The van der Waals surface area contributed by atoms with Gasteiger partial charge >= 0.3 is 0 Å². The lowest BCUT2D eigenvalue weighted by molar-refractivity contribution is 0.0636. The van der Waals surface area contributed by atoms with E-state index in [9.17, 15) is 4.79 Å². The van der Waals surface area contributed by atoms with Crippen LogP contribution in [0.5, 0.6) is 0 Å². The van der Waals surface area contributed by atoms with E-state index in [1.165, 1.54) is 5.56 Å². The van der Waals surface area contributed by atoms with E-state index in [2.05, 4.69) is 34.3 Å². The van der Waals surface area contributed by atoms with E-state index in [-0.39, 0.29) is 5.91 Å². The van der Waals surface area contributed by atoms with Gasteiger partial charge in [0.15, 0.2) is 0 Å². The number of carbonyl (C=O) groups is 1. The Labute approximate surface area is 143 Å². The van der Waals surface area contributed by atoms with Crippen molar-refractivity contribution in [1.29, 1.82) is 0 Å². The number of amides is 1. The highest BCUT2D eigenvalue weighted by Gasteiger charge is 2.27. The third-order valence-corrected chi connectivity index (χ3v) is 4.70. The standard InChI is InChI=1S/C19H25N3O2/c1-3-17-18(15(2)24-20-17)19(23)22-13-11-21(12-14-22)10-9-16-7-5-4-6-8-16/h4-8H,3,9-14H2,1-2H3. The molecule has 5 heteroatoms. The van der Waals surface area contributed by atoms with Crippen LogP contribution in [-0.4, -0.2) is 53.6 Å². The zero-order valence-corrected chi connectivity index (χ0v) is 14.5. The average molecular weight is 327 g/mol. The molecule has 2 heterocycles. The second-order valence-corrected chi connectivity index (χ2v) is 6.28. The Morgan fingerprint density at radius 2 is 1.88 bits per heavy atom. The second kappa shape index (κ2) is 7.62. The first kappa shape index (κ1) is 16.7. The highest BCUT2D eigenvalue weighted by Crippen LogP contribution is 2.18. The summed E-state index contributed by atoms with van der Waals surface area (Å²) in [4.78, 5) is 17.1. The smallest absolute Gasteiger partial charge is 0.259 e. The molecule has 0 unspecified atom stereocenters. The first-order chi connectivity index (χ1) is 11.7. The van der Waals surface area contributed by atoms with Crippen LogP contribution in [-0.2, 0) is 12.8 Å². The van der Waals surface area contributed by atoms with Crippen LogP contribution in [0.15, 0.2) is 34.9 Å². The van der Waals surface area contributed by atoms with Crippen LogP contribution in [0.2, 0.25) is 0 Å². The average Bonchev–Trinajstić information content (AvgIpc) is 3.01. The molecule has 0 bridgehead atoms. The largest absolute Gasteiger partial charge is 0.361 e. The molecule has 0 aliphatic carbocycles. The molecule has 5 nitrogen and oxygen atoms in total. The van der Waals surface area contributed by atoms with E-state index < -0.39 is 0 Å². The maximum Gasteiger partial charge on any atom is 0.259 e. The van der Waals surface area contributed by atoms with Crippen LogP contribution in [0.1, 0.15) is 34.3 Å². The van der Waals surface area contributed by atoms with E-state index in [1.807, 2.05) is 24.8 Å². The summed E-state index contributed by atoms with van der Waals surface area (Å²) in [6.07, 6.45) is 1.77. The molecule has 0 radical (unpaired) electrons. The van der Waals surface area contributed by atoms with Crippen LogP contribution in [0, 0.1) is 6.92 Å². The summed E-state index contributed by atoms with van der Waals surface area (Å²) in [5.74, 6) is 0.691. The summed E-state index contributed by atoms with van der Waals surface area (Å²) in [5, 5.41) is 4.00. The number of aromatic nitrogens is 1. The lowest BCUT2D eigenvalue weighted by Crippen LogP contribution is -2.49. The fourth-order valence-corrected chi connectivity index (χ4v) is 3.20. The molecule has 3 rings (SSSR count). The molecule has 0 N–H and O–H groups in total. The Morgan fingerprint density at radius 3 is 2.54 bits per heavy atom. The maximum absolute atomic E-state index is 12.8. The molecule has 1 aliphatic rings. The summed E-state index contributed by atoms with van der Waals surface area (Å²) in [7, 11) is 0. The minimum absolute atomic E-state index is 0.0632. The van der Waals surface area contributed by atoms with Gasteiger partial charge in [0.1, 0.15) is 11.3 Å². The quantitative estimate of drug-likeness (QED) is 0.847. The van der Waals surface area contributed by atoms with Gasteiger partial charge in [0.2, 0.25) is 0 Å². The highest BCUT2D eigenvalue weighted by atomic mass is 16.5. The van der Waals surface area contributed by atoms with Crippen molar-refractivity contribution in [3.05, 3.63) is 52.9 Å². The van der Waals surface area contributed by atoms with Gasteiger partial charge in [-0.3, -0.25) is 9.69 Å². The molecule has 1 fully saturated rings. The number of hydrogen-bond donors (Lipinski definition) is 0. The van der Waals surface area contributed by atoms with E-state index in [4.69, 9.17) is 4.52 Å². The normalized spacial score (nSPS) is 15.7. The van der Waals surface area contributed by atoms with Crippen molar-refractivity contribution >= 4 is 5.91 Å². The summed E-state index contributed by atoms with van der Waals surface area (Å²) in [5.41, 5.74) is 2.79. The number of carbonyl (C=O) groups excluding carboxylic acids is 1. The number of aryl methyl sites for hydroxylation is 2. The predicted octanol–water partition coefficient (Wildman–Crippen LogP) is 2.55. The number of rotatable bonds is 5. The number of piperazine rings is 1. The number of hydrogen-bond acceptors (Lipinski definition) is 4. The van der Waals surface area contributed by atoms with Crippen molar-refractivity contribution in [3.8, 4) is 0 Å². The van der Waals surface area contributed by atoms with Crippen molar-refractivity contribution in [2.45, 2.75) is 26.7 Å². The van der Waals surface area contributed by atoms with Crippen molar-refractivity contribution in [1.82, 2.24) is 15.0 Å². The van der Waals surface area contributed by atoms with Gasteiger partial charge < -0.3 is 9.42 Å². The van der Waals surface area contributed by atoms with Gasteiger partial charge in [0.05, 0.1) is 5.69 Å². The molecular weight excluding hydrogens is 302 g/mol. The van der Waals surface area contributed by atoms with Gasteiger partial charge in [-0.05, 0) is 25.3 Å². The van der Waals surface area contributed by atoms with Crippen LogP contribution in [0.4, 0.5) is 0 Å². The van der Waals surface area contributed by atoms with Crippen molar-refractivity contribution in [2.75, 3.05) is 32.7 Å². The molecule has 128 valence electrons. The molecule has 1 aliphatic heterocycles. The number of benzene rings is 1. The Morgan fingerprint density at radius 1 is 1.17 bits per heavy atom. The van der Waals surface area contributed by atoms with Gasteiger partial charge in [-0.1, -0.05) is 42.4 Å². The Balaban J connectivity index is 1.53. The van der Waals surface area contributed by atoms with Gasteiger partial charge in [-0.15, -0.1) is 0 Å². The lowest BCUT2D eigenvalue weighted by Gasteiger charge is -2.34. The molecule has 2 aromatic rings. The Kier molecular flexibility index (Phi) is 5.30. The minimum atomic E-state index is 0.0632. The molecule has 1 amide bonds. The highest BCUT2D eigenvalue weighted by molar-refractivity contribution is 5.96. The fourth-order valence-electron chi connectivity index (χ4n) is 3.20. The molecule has 0 spiro atoms. The fraction of sp³-hybridized carbons (Fsp3) is 0.474. The van der Waals surface area contributed by atoms with Crippen molar-refractivity contribution < 1.29 is 9.32 Å². The zero-order valence-electron chi connectivity index (χ0n) is 14.5. The van der Waals surface area contributed by atoms with Crippen LogP contribution >= 0.6 is 0 Å². The second-order valence-electron chi connectivity index (χ2n) is 6.28. The lowest BCUT2D eigenvalue weighted by atomic mass is 10.1. The zero-order chi connectivity index (χ0) is 16.9. The van der Waals surface area contributed by atoms with Gasteiger partial charge in [0.25, 0.3) is 5.91 Å². The third kappa shape index (κ3) is 3.67. The topological polar surface area (TPSA) is 49.6 Å². The first-order valence-electron chi connectivity index (χ1n) is 8.69. The maximum atomic E-state index is 12.8. The van der Waals surface area contributed by atoms with E-state index >= 15 is 0 Å². The van der Waals surface area contributed by atoms with E-state index in [0.29, 0.717) is 11.3 Å². The van der Waals surface area contributed by atoms with Crippen LogP contribution in [0.3, 0.4) is 0 Å². The SMILES string of the molecule is CCc1noc(C)c1C(=O)N1CCN(CCc2ccccc2)CC1. The Hall–Kier alpha value is -2.14. The molecular formula is C19H25N3O2. The summed E-state index contributed by atoms with van der Waals surface area (Å²) >= 11 is 0. The molecule has 0 atom stereocenters. The van der Waals surface area contributed by atoms with E-state index in [1.54, 1.807) is 0 Å². The molecule has 0 saturated carbocycles. The van der Waals surface area contributed by atoms with Crippen molar-refractivity contribution in [3.63, 3.8) is 0 Å². The molecule has 1 saturated heterocycles. The van der Waals surface area contributed by atoms with Gasteiger partial charge in [0, 0.05) is 32.7 Å². The van der Waals surface area contributed by atoms with Crippen LogP contribution < -0.4 is 0 Å². The predicted molar refractivity (Wildman–Crippen MR) is 93.1 cm³/mol. The minimum Gasteiger partial charge on any atom is -0.361 e.